The number of nitrogens with one attached hydrogen (secondary N) is 1. The van der Waals surface area contributed by atoms with Crippen molar-refractivity contribution in [1.82, 2.24) is 5.32 Å². The van der Waals surface area contributed by atoms with Crippen molar-refractivity contribution in [2.24, 2.45) is 5.14 Å². The molecule has 2 aromatic carbocycles. The van der Waals surface area contributed by atoms with Gasteiger partial charge in [-0.05, 0) is 49.1 Å². The molecule has 0 saturated carbocycles. The lowest BCUT2D eigenvalue weighted by molar-refractivity contribution is -0.125. The Labute approximate surface area is 188 Å². The van der Waals surface area contributed by atoms with Crippen LogP contribution in [0.15, 0.2) is 53.4 Å². The highest BCUT2D eigenvalue weighted by molar-refractivity contribution is 7.89. The van der Waals surface area contributed by atoms with Crippen LogP contribution in [-0.2, 0) is 26.0 Å². The van der Waals surface area contributed by atoms with E-state index in [-0.39, 0.29) is 29.6 Å². The highest BCUT2D eigenvalue weighted by atomic mass is 32.2. The molecule has 3 N–H and O–H groups in total. The minimum Gasteiger partial charge on any atom is -0.365 e. The number of nitrogens with zero attached hydrogens (tertiary/aromatic N) is 2. The third kappa shape index (κ3) is 4.94. The van der Waals surface area contributed by atoms with Crippen LogP contribution in [0.3, 0.4) is 0 Å². The standard InChI is InChI=1S/C23H28N4O4S/c24-32(30,31)19-9-7-17(8-10-19)13-14-25-22(28)11-12-23(29)27-16-18-4-3-15-26(18)20-5-1-2-6-21(20)27/h1-2,5-10,18H,3-4,11-16H2,(H,25,28)(H2,24,30,31)/t18-/m1/s1. The number of carbonyl (C=O) groups excluding carboxylic acids is 2. The topological polar surface area (TPSA) is 113 Å². The fourth-order valence-corrected chi connectivity index (χ4v) is 4.97. The van der Waals surface area contributed by atoms with Crippen molar-refractivity contribution in [3.63, 3.8) is 0 Å². The number of rotatable bonds is 7. The Morgan fingerprint density at radius 3 is 2.47 bits per heavy atom. The number of benzene rings is 2. The van der Waals surface area contributed by atoms with Crippen LogP contribution in [0.4, 0.5) is 11.4 Å². The van der Waals surface area contributed by atoms with Crippen LogP contribution in [0.1, 0.15) is 31.2 Å². The Kier molecular flexibility index (Phi) is 6.48. The van der Waals surface area contributed by atoms with Crippen LogP contribution in [0, 0.1) is 0 Å². The van der Waals surface area contributed by atoms with Gasteiger partial charge in [0.2, 0.25) is 21.8 Å². The molecule has 1 atom stereocenters. The Balaban J connectivity index is 1.26. The van der Waals surface area contributed by atoms with Crippen LogP contribution < -0.4 is 20.3 Å². The summed E-state index contributed by atoms with van der Waals surface area (Å²) in [7, 11) is -3.71. The molecule has 4 rings (SSSR count). The number of carbonyl (C=O) groups is 2. The number of hydrogen-bond donors (Lipinski definition) is 2. The van der Waals surface area contributed by atoms with E-state index in [9.17, 15) is 18.0 Å². The van der Waals surface area contributed by atoms with Crippen molar-refractivity contribution >= 4 is 33.2 Å². The predicted octanol–water partition coefficient (Wildman–Crippen LogP) is 1.79. The second-order valence-electron chi connectivity index (χ2n) is 8.27. The highest BCUT2D eigenvalue weighted by Gasteiger charge is 2.35. The molecular formula is C23H28N4O4S. The zero-order valence-corrected chi connectivity index (χ0v) is 18.7. The maximum atomic E-state index is 12.9. The zero-order valence-electron chi connectivity index (χ0n) is 17.9. The molecule has 2 amide bonds. The molecule has 0 spiro atoms. The van der Waals surface area contributed by atoms with Crippen LogP contribution in [0.25, 0.3) is 0 Å². The Bertz CT molecular complexity index is 1100. The number of hydrogen-bond acceptors (Lipinski definition) is 5. The van der Waals surface area contributed by atoms with Crippen molar-refractivity contribution in [3.05, 3.63) is 54.1 Å². The largest absolute Gasteiger partial charge is 0.365 e. The van der Waals surface area contributed by atoms with Gasteiger partial charge in [0.05, 0.1) is 16.3 Å². The first-order valence-electron chi connectivity index (χ1n) is 10.9. The summed E-state index contributed by atoms with van der Waals surface area (Å²) in [5.74, 6) is -0.204. The predicted molar refractivity (Wildman–Crippen MR) is 123 cm³/mol. The molecule has 2 aliphatic heterocycles. The van der Waals surface area contributed by atoms with E-state index < -0.39 is 10.0 Å². The lowest BCUT2D eigenvalue weighted by Gasteiger charge is -2.40. The second kappa shape index (κ2) is 9.30. The number of primary sulfonamides is 1. The fourth-order valence-electron chi connectivity index (χ4n) is 4.46. The van der Waals surface area contributed by atoms with Gasteiger partial charge in [0.1, 0.15) is 0 Å². The number of anilines is 2. The van der Waals surface area contributed by atoms with Crippen LogP contribution >= 0.6 is 0 Å². The molecule has 1 saturated heterocycles. The smallest absolute Gasteiger partial charge is 0.238 e. The average molecular weight is 457 g/mol. The van der Waals surface area contributed by atoms with Gasteiger partial charge < -0.3 is 15.1 Å². The molecule has 2 heterocycles. The van der Waals surface area contributed by atoms with Gasteiger partial charge in [0.25, 0.3) is 0 Å². The monoisotopic (exact) mass is 456 g/mol. The van der Waals surface area contributed by atoms with Crippen molar-refractivity contribution in [1.29, 1.82) is 0 Å². The second-order valence-corrected chi connectivity index (χ2v) is 9.83. The van der Waals surface area contributed by atoms with Crippen LogP contribution in [-0.4, -0.2) is 45.9 Å². The first-order chi connectivity index (χ1) is 15.3. The van der Waals surface area contributed by atoms with E-state index in [2.05, 4.69) is 16.3 Å². The SMILES string of the molecule is NS(=O)(=O)c1ccc(CCNC(=O)CCC(=O)N2C[C@H]3CCCN3c3ccccc32)cc1. The average Bonchev–Trinajstić information content (AvgIpc) is 3.26. The van der Waals surface area contributed by atoms with E-state index in [1.165, 1.54) is 12.1 Å². The molecule has 1 fully saturated rings. The summed E-state index contributed by atoms with van der Waals surface area (Å²) in [4.78, 5) is 29.5. The minimum atomic E-state index is -3.71. The van der Waals surface area contributed by atoms with Crippen molar-refractivity contribution < 1.29 is 18.0 Å². The summed E-state index contributed by atoms with van der Waals surface area (Å²) in [6, 6.07) is 14.6. The third-order valence-electron chi connectivity index (χ3n) is 6.11. The summed E-state index contributed by atoms with van der Waals surface area (Å²) < 4.78 is 22.6. The molecule has 2 aromatic rings. The van der Waals surface area contributed by atoms with Gasteiger partial charge in [-0.1, -0.05) is 24.3 Å². The van der Waals surface area contributed by atoms with E-state index in [0.717, 1.165) is 36.3 Å². The Morgan fingerprint density at radius 1 is 1.03 bits per heavy atom. The van der Waals surface area contributed by atoms with Gasteiger partial charge in [-0.25, -0.2) is 13.6 Å². The Morgan fingerprint density at radius 2 is 1.75 bits per heavy atom. The maximum absolute atomic E-state index is 12.9. The van der Waals surface area contributed by atoms with Gasteiger partial charge in [-0.3, -0.25) is 9.59 Å². The summed E-state index contributed by atoms with van der Waals surface area (Å²) >= 11 is 0. The van der Waals surface area contributed by atoms with Gasteiger partial charge in [-0.2, -0.15) is 0 Å². The molecule has 0 bridgehead atoms. The van der Waals surface area contributed by atoms with Crippen LogP contribution in [0.5, 0.6) is 0 Å². The quantitative estimate of drug-likeness (QED) is 0.660. The van der Waals surface area contributed by atoms with Gasteiger partial charge >= 0.3 is 0 Å². The van der Waals surface area contributed by atoms with E-state index >= 15 is 0 Å². The summed E-state index contributed by atoms with van der Waals surface area (Å²) in [5, 5.41) is 7.92. The van der Waals surface area contributed by atoms with Crippen molar-refractivity contribution in [3.8, 4) is 0 Å². The fraction of sp³-hybridized carbons (Fsp3) is 0.391. The molecule has 0 unspecified atom stereocenters. The first kappa shape index (κ1) is 22.3. The van der Waals surface area contributed by atoms with E-state index in [4.69, 9.17) is 5.14 Å². The third-order valence-corrected chi connectivity index (χ3v) is 7.04. The molecule has 32 heavy (non-hydrogen) atoms. The number of nitrogens with two attached hydrogens (primary N) is 1. The zero-order chi connectivity index (χ0) is 22.7. The molecular weight excluding hydrogens is 428 g/mol. The molecule has 2 aliphatic rings. The number of para-hydroxylation sites is 2. The normalized spacial score (nSPS) is 17.6. The van der Waals surface area contributed by atoms with Gasteiger partial charge in [0.15, 0.2) is 0 Å². The van der Waals surface area contributed by atoms with Crippen molar-refractivity contribution in [2.45, 2.75) is 43.0 Å². The number of amides is 2. The summed E-state index contributed by atoms with van der Waals surface area (Å²) in [6.07, 6.45) is 3.07. The first-order valence-corrected chi connectivity index (χ1v) is 12.4. The van der Waals surface area contributed by atoms with Crippen molar-refractivity contribution in [2.75, 3.05) is 29.4 Å². The van der Waals surface area contributed by atoms with E-state index in [1.807, 2.05) is 23.1 Å². The Hall–Kier alpha value is -2.91. The lowest BCUT2D eigenvalue weighted by Crippen LogP contribution is -2.48. The summed E-state index contributed by atoms with van der Waals surface area (Å²) in [5.41, 5.74) is 2.92. The van der Waals surface area contributed by atoms with Gasteiger partial charge in [-0.15, -0.1) is 0 Å². The molecule has 0 aromatic heterocycles. The molecule has 9 heteroatoms. The minimum absolute atomic E-state index is 0.0299. The molecule has 0 aliphatic carbocycles. The van der Waals surface area contributed by atoms with E-state index in [1.54, 1.807) is 12.1 Å². The van der Waals surface area contributed by atoms with Gasteiger partial charge in [0, 0.05) is 38.5 Å². The lowest BCUT2D eigenvalue weighted by atomic mass is 10.1. The molecule has 0 radical (unpaired) electrons. The molecule has 170 valence electrons. The molecule has 8 nitrogen and oxygen atoms in total. The summed E-state index contributed by atoms with van der Waals surface area (Å²) in [6.45, 7) is 2.11. The highest BCUT2D eigenvalue weighted by Crippen LogP contribution is 2.39. The maximum Gasteiger partial charge on any atom is 0.238 e. The number of sulfonamides is 1. The van der Waals surface area contributed by atoms with E-state index in [0.29, 0.717) is 25.6 Å². The number of fused-ring (bicyclic) bond motifs is 3. The van der Waals surface area contributed by atoms with Crippen LogP contribution in [0.2, 0.25) is 0 Å².